The lowest BCUT2D eigenvalue weighted by Crippen LogP contribution is -2.53. The van der Waals surface area contributed by atoms with Crippen LogP contribution >= 0.6 is 0 Å². The van der Waals surface area contributed by atoms with Crippen LogP contribution in [0.1, 0.15) is 63.3 Å². The topological polar surface area (TPSA) is 97.4 Å². The van der Waals surface area contributed by atoms with Crippen molar-refractivity contribution in [2.24, 2.45) is 16.7 Å². The van der Waals surface area contributed by atoms with E-state index in [0.29, 0.717) is 12.8 Å². The van der Waals surface area contributed by atoms with Gasteiger partial charge in [0.05, 0.1) is 12.6 Å². The van der Waals surface area contributed by atoms with Gasteiger partial charge in [-0.05, 0) is 53.2 Å². The first kappa shape index (κ1) is 26.0. The van der Waals surface area contributed by atoms with Crippen LogP contribution in [0.4, 0.5) is 9.18 Å². The molecule has 0 aromatic heterocycles. The third kappa shape index (κ3) is 3.16. The van der Waals surface area contributed by atoms with E-state index in [-0.39, 0.29) is 23.5 Å². The fraction of sp³-hybridized carbons (Fsp3) is 0.484. The minimum atomic E-state index is -1.79. The van der Waals surface area contributed by atoms with Crippen LogP contribution in [0.25, 0.3) is 5.57 Å². The van der Waals surface area contributed by atoms with Gasteiger partial charge in [0.15, 0.2) is 6.10 Å². The van der Waals surface area contributed by atoms with E-state index >= 15 is 0 Å². The number of carbonyl (C=O) groups excluding carboxylic acids is 2. The number of esters is 1. The number of alkyl carbamates (subject to hydrolysis) is 1. The van der Waals surface area contributed by atoms with E-state index in [1.54, 1.807) is 6.92 Å². The molecule has 0 radical (unpaired) electrons. The van der Waals surface area contributed by atoms with E-state index < -0.39 is 52.7 Å². The van der Waals surface area contributed by atoms with Crippen LogP contribution < -0.4 is 5.32 Å². The van der Waals surface area contributed by atoms with Crippen molar-refractivity contribution in [3.63, 3.8) is 0 Å². The summed E-state index contributed by atoms with van der Waals surface area (Å²) in [7, 11) is 0. The van der Waals surface area contributed by atoms with Gasteiger partial charge in [0.2, 0.25) is 0 Å². The molecule has 39 heavy (non-hydrogen) atoms. The van der Waals surface area contributed by atoms with E-state index in [1.165, 1.54) is 18.2 Å². The molecule has 1 aliphatic heterocycles. The maximum Gasteiger partial charge on any atom is 0.407 e. The second-order valence-corrected chi connectivity index (χ2v) is 12.0. The molecule has 206 valence electrons. The Bertz CT molecular complexity index is 1390. The Morgan fingerprint density at radius 1 is 1.21 bits per heavy atom. The zero-order valence-corrected chi connectivity index (χ0v) is 22.6. The molecule has 1 saturated heterocycles. The molecule has 7 nitrogen and oxygen atoms in total. The molecule has 2 saturated carbocycles. The fourth-order valence-corrected chi connectivity index (χ4v) is 8.25. The fourth-order valence-electron chi connectivity index (χ4n) is 8.25. The molecule has 1 heterocycles. The standard InChI is InChI=1S/C31H34FNO6/c1-6-37-27(36)33-24(18-10-9-11-19(32)14-18)25(34)26(35)38-23-15-22-28(3,4)29(23,5)30-16-17(2)20-12-7-8-13-21(20)31(22,30)39-30/h7-14,22-25,34H,2,6,15-16H2,1,3-5H3,(H,33,36)/t22?,23?,24-,25+,29?,30-,31+/m0/s1. The third-order valence-electron chi connectivity index (χ3n) is 10.3. The first-order valence-electron chi connectivity index (χ1n) is 13.5. The number of hydrogen-bond acceptors (Lipinski definition) is 6. The number of rotatable bonds is 6. The molecule has 0 spiro atoms. The Kier molecular flexibility index (Phi) is 5.59. The molecular weight excluding hydrogens is 501 g/mol. The van der Waals surface area contributed by atoms with Gasteiger partial charge in [-0.15, -0.1) is 0 Å². The average Bonchev–Trinajstić information content (AvgIpc) is 3.52. The highest BCUT2D eigenvalue weighted by molar-refractivity contribution is 5.79. The number of benzene rings is 2. The predicted octanol–water partition coefficient (Wildman–Crippen LogP) is 5.03. The van der Waals surface area contributed by atoms with Crippen molar-refractivity contribution in [2.45, 2.75) is 70.0 Å². The number of halogens is 1. The van der Waals surface area contributed by atoms with Gasteiger partial charge in [-0.1, -0.05) is 63.7 Å². The predicted molar refractivity (Wildman–Crippen MR) is 141 cm³/mol. The van der Waals surface area contributed by atoms with Crippen molar-refractivity contribution in [1.29, 1.82) is 0 Å². The molecule has 3 fully saturated rings. The number of aliphatic hydroxyl groups is 1. The summed E-state index contributed by atoms with van der Waals surface area (Å²) in [6.07, 6.45) is -1.95. The molecule has 7 atom stereocenters. The summed E-state index contributed by atoms with van der Waals surface area (Å²) < 4.78 is 31.8. The summed E-state index contributed by atoms with van der Waals surface area (Å²) in [6, 6.07) is 12.4. The van der Waals surface area contributed by atoms with E-state index in [0.717, 1.165) is 22.8 Å². The number of carbonyl (C=O) groups is 2. The third-order valence-corrected chi connectivity index (χ3v) is 10.3. The number of fused-ring (bicyclic) bond motifs is 3. The summed E-state index contributed by atoms with van der Waals surface area (Å²) >= 11 is 0. The summed E-state index contributed by atoms with van der Waals surface area (Å²) in [5.74, 6) is -1.38. The first-order chi connectivity index (χ1) is 18.4. The lowest BCUT2D eigenvalue weighted by Gasteiger charge is -2.45. The largest absolute Gasteiger partial charge is 0.460 e. The van der Waals surface area contributed by atoms with Crippen molar-refractivity contribution >= 4 is 17.6 Å². The lowest BCUT2D eigenvalue weighted by atomic mass is 9.59. The summed E-state index contributed by atoms with van der Waals surface area (Å²) in [5.41, 5.74) is 1.65. The van der Waals surface area contributed by atoms with Crippen LogP contribution in [-0.2, 0) is 24.6 Å². The second-order valence-electron chi connectivity index (χ2n) is 12.0. The maximum absolute atomic E-state index is 14.0. The normalized spacial score (nSPS) is 34.3. The van der Waals surface area contributed by atoms with Crippen LogP contribution in [0.5, 0.6) is 0 Å². The van der Waals surface area contributed by atoms with Crippen LogP contribution in [0.15, 0.2) is 55.1 Å². The number of hydrogen-bond donors (Lipinski definition) is 2. The molecular formula is C31H34FNO6. The lowest BCUT2D eigenvalue weighted by molar-refractivity contribution is -0.172. The summed E-state index contributed by atoms with van der Waals surface area (Å²) in [5, 5.41) is 13.6. The summed E-state index contributed by atoms with van der Waals surface area (Å²) in [4.78, 5) is 25.7. The quantitative estimate of drug-likeness (QED) is 0.398. The zero-order chi connectivity index (χ0) is 28.0. The highest BCUT2D eigenvalue weighted by Gasteiger charge is 2.95. The van der Waals surface area contributed by atoms with Gasteiger partial charge < -0.3 is 24.6 Å². The first-order valence-corrected chi connectivity index (χ1v) is 13.5. The van der Waals surface area contributed by atoms with Crippen LogP contribution in [0, 0.1) is 22.6 Å². The van der Waals surface area contributed by atoms with Crippen molar-refractivity contribution < 1.29 is 33.3 Å². The Labute approximate surface area is 227 Å². The second kappa shape index (κ2) is 8.38. The number of ether oxygens (including phenoxy) is 3. The van der Waals surface area contributed by atoms with Crippen LogP contribution in [0.2, 0.25) is 0 Å². The average molecular weight is 536 g/mol. The van der Waals surface area contributed by atoms with E-state index in [9.17, 15) is 19.1 Å². The minimum absolute atomic E-state index is 0.0795. The molecule has 3 unspecified atom stereocenters. The van der Waals surface area contributed by atoms with Gasteiger partial charge in [0, 0.05) is 17.8 Å². The Morgan fingerprint density at radius 2 is 1.95 bits per heavy atom. The van der Waals surface area contributed by atoms with Crippen molar-refractivity contribution in [1.82, 2.24) is 5.32 Å². The van der Waals surface area contributed by atoms with Crippen molar-refractivity contribution in [3.8, 4) is 0 Å². The number of amides is 1. The van der Waals surface area contributed by atoms with Gasteiger partial charge in [-0.25, -0.2) is 14.0 Å². The molecule has 3 aliphatic carbocycles. The number of aliphatic hydroxyl groups excluding tert-OH is 1. The van der Waals surface area contributed by atoms with Gasteiger partial charge in [0.25, 0.3) is 0 Å². The maximum atomic E-state index is 14.0. The Morgan fingerprint density at radius 3 is 2.67 bits per heavy atom. The molecule has 2 aromatic carbocycles. The number of epoxide rings is 1. The Balaban J connectivity index is 1.30. The van der Waals surface area contributed by atoms with E-state index in [4.69, 9.17) is 14.2 Å². The molecule has 6 rings (SSSR count). The van der Waals surface area contributed by atoms with Crippen molar-refractivity contribution in [3.05, 3.63) is 77.6 Å². The molecule has 1 amide bonds. The van der Waals surface area contributed by atoms with Gasteiger partial charge >= 0.3 is 12.1 Å². The van der Waals surface area contributed by atoms with Crippen molar-refractivity contribution in [2.75, 3.05) is 6.61 Å². The zero-order valence-electron chi connectivity index (χ0n) is 22.6. The van der Waals surface area contributed by atoms with Gasteiger partial charge in [-0.2, -0.15) is 0 Å². The number of nitrogens with one attached hydrogen (secondary N) is 1. The molecule has 4 aliphatic rings. The Hall–Kier alpha value is -3.23. The van der Waals surface area contributed by atoms with Crippen LogP contribution in [0.3, 0.4) is 0 Å². The van der Waals surface area contributed by atoms with E-state index in [2.05, 4.69) is 44.8 Å². The monoisotopic (exact) mass is 535 g/mol. The minimum Gasteiger partial charge on any atom is -0.460 e. The van der Waals surface area contributed by atoms with Gasteiger partial charge in [-0.3, -0.25) is 0 Å². The molecule has 2 aromatic rings. The van der Waals surface area contributed by atoms with Gasteiger partial charge in [0.1, 0.15) is 23.1 Å². The smallest absolute Gasteiger partial charge is 0.407 e. The highest BCUT2D eigenvalue weighted by atomic mass is 19.1. The summed E-state index contributed by atoms with van der Waals surface area (Å²) in [6.45, 7) is 12.6. The molecule has 8 heteroatoms. The highest BCUT2D eigenvalue weighted by Crippen LogP contribution is 2.89. The molecule has 2 bridgehead atoms. The van der Waals surface area contributed by atoms with E-state index in [1.807, 2.05) is 12.1 Å². The van der Waals surface area contributed by atoms with Crippen LogP contribution in [-0.4, -0.2) is 41.6 Å². The molecule has 2 N–H and O–H groups in total. The SMILES string of the molecule is C=C1C[C@@]23O[C@]2(c2ccccc21)C1CC(OC(=O)[C@H](O)[C@@H](NC(=O)OCC)c2cccc(F)c2)C3(C)C1(C)C.